The quantitative estimate of drug-likeness (QED) is 0.678. The molecule has 0 aliphatic heterocycles. The number of nitrogens with one attached hydrogen (secondary N) is 1. The summed E-state index contributed by atoms with van der Waals surface area (Å²) in [5.41, 5.74) is 1.39. The van der Waals surface area contributed by atoms with Gasteiger partial charge in [-0.05, 0) is 57.9 Å². The summed E-state index contributed by atoms with van der Waals surface area (Å²) in [4.78, 5) is 12.2. The highest BCUT2D eigenvalue weighted by molar-refractivity contribution is 9.10. The lowest BCUT2D eigenvalue weighted by atomic mass is 10.2. The molecule has 0 spiro atoms. The Labute approximate surface area is 151 Å². The molecule has 0 aliphatic rings. The molecule has 1 N–H and O–H groups in total. The van der Waals surface area contributed by atoms with Crippen LogP contribution >= 0.6 is 27.5 Å². The summed E-state index contributed by atoms with van der Waals surface area (Å²) in [6, 6.07) is 12.8. The van der Waals surface area contributed by atoms with Crippen molar-refractivity contribution in [3.05, 3.63) is 81.2 Å². The molecule has 0 bridgehead atoms. The molecule has 0 radical (unpaired) electrons. The molecule has 3 rings (SSSR count). The maximum absolute atomic E-state index is 12.9. The van der Waals surface area contributed by atoms with Gasteiger partial charge in [-0.3, -0.25) is 9.48 Å². The summed E-state index contributed by atoms with van der Waals surface area (Å²) in [5.74, 6) is -0.146. The summed E-state index contributed by atoms with van der Waals surface area (Å²) < 4.78 is 15.3. The van der Waals surface area contributed by atoms with Crippen LogP contribution in [0.5, 0.6) is 0 Å². The van der Waals surface area contributed by atoms with Crippen LogP contribution in [-0.4, -0.2) is 15.7 Å². The molecule has 1 aromatic heterocycles. The topological polar surface area (TPSA) is 46.9 Å². The number of carbonyl (C=O) groups excluding carboxylic acids is 1. The predicted octanol–water partition coefficient (Wildman–Crippen LogP) is 4.74. The Hall–Kier alpha value is -2.18. The second kappa shape index (κ2) is 7.15. The number of halogens is 3. The van der Waals surface area contributed by atoms with Crippen molar-refractivity contribution < 1.29 is 9.18 Å². The van der Waals surface area contributed by atoms with Gasteiger partial charge < -0.3 is 5.32 Å². The van der Waals surface area contributed by atoms with Gasteiger partial charge in [0.2, 0.25) is 0 Å². The molecule has 0 fully saturated rings. The second-order valence-electron chi connectivity index (χ2n) is 5.11. The average Bonchev–Trinajstić information content (AvgIpc) is 2.89. The molecule has 2 aromatic carbocycles. The largest absolute Gasteiger partial charge is 0.304 e. The molecule has 7 heteroatoms. The van der Waals surface area contributed by atoms with Crippen LogP contribution in [0, 0.1) is 5.82 Å². The lowest BCUT2D eigenvalue weighted by Gasteiger charge is -2.03. The van der Waals surface area contributed by atoms with Gasteiger partial charge in [0.1, 0.15) is 5.82 Å². The van der Waals surface area contributed by atoms with Crippen LogP contribution in [0.4, 0.5) is 10.2 Å². The number of carbonyl (C=O) groups is 1. The molecule has 1 heterocycles. The van der Waals surface area contributed by atoms with Crippen molar-refractivity contribution in [1.29, 1.82) is 0 Å². The van der Waals surface area contributed by atoms with Gasteiger partial charge in [-0.1, -0.05) is 23.7 Å². The van der Waals surface area contributed by atoms with Crippen LogP contribution < -0.4 is 5.32 Å². The van der Waals surface area contributed by atoms with Crippen molar-refractivity contribution >= 4 is 39.3 Å². The van der Waals surface area contributed by atoms with Crippen LogP contribution in [0.1, 0.15) is 15.9 Å². The second-order valence-corrected chi connectivity index (χ2v) is 6.40. The number of hydrogen-bond acceptors (Lipinski definition) is 2. The summed E-state index contributed by atoms with van der Waals surface area (Å²) in [6.45, 7) is 0.468. The Morgan fingerprint density at radius 1 is 1.17 bits per heavy atom. The highest BCUT2D eigenvalue weighted by atomic mass is 79.9. The van der Waals surface area contributed by atoms with Crippen LogP contribution in [-0.2, 0) is 6.54 Å². The zero-order chi connectivity index (χ0) is 17.1. The SMILES string of the molecule is O=C(Nc1nn(Cc2ccc(F)cc2)cc1Br)c1ccc(Cl)cc1. The fourth-order valence-electron chi connectivity index (χ4n) is 2.12. The molecule has 0 saturated carbocycles. The van der Waals surface area contributed by atoms with E-state index in [0.29, 0.717) is 27.4 Å². The Balaban J connectivity index is 1.72. The first-order valence-electron chi connectivity index (χ1n) is 7.05. The molecular weight excluding hydrogens is 397 g/mol. The van der Waals surface area contributed by atoms with Gasteiger partial charge in [0.15, 0.2) is 5.82 Å². The van der Waals surface area contributed by atoms with Gasteiger partial charge in [0.25, 0.3) is 5.91 Å². The molecule has 4 nitrogen and oxygen atoms in total. The van der Waals surface area contributed by atoms with E-state index in [0.717, 1.165) is 5.56 Å². The Morgan fingerprint density at radius 3 is 2.50 bits per heavy atom. The lowest BCUT2D eigenvalue weighted by molar-refractivity contribution is 0.102. The minimum Gasteiger partial charge on any atom is -0.304 e. The third kappa shape index (κ3) is 4.01. The lowest BCUT2D eigenvalue weighted by Crippen LogP contribution is -2.13. The van der Waals surface area contributed by atoms with E-state index in [9.17, 15) is 9.18 Å². The van der Waals surface area contributed by atoms with Gasteiger partial charge in [-0.15, -0.1) is 0 Å². The van der Waals surface area contributed by atoms with E-state index < -0.39 is 0 Å². The number of hydrogen-bond donors (Lipinski definition) is 1. The van der Waals surface area contributed by atoms with Gasteiger partial charge in [0, 0.05) is 16.8 Å². The normalized spacial score (nSPS) is 10.6. The molecule has 1 amide bonds. The first kappa shape index (κ1) is 16.7. The van der Waals surface area contributed by atoms with Crippen molar-refractivity contribution in [1.82, 2.24) is 9.78 Å². The van der Waals surface area contributed by atoms with Gasteiger partial charge in [-0.25, -0.2) is 4.39 Å². The molecule has 0 unspecified atom stereocenters. The first-order chi connectivity index (χ1) is 11.5. The van der Waals surface area contributed by atoms with Crippen molar-refractivity contribution in [3.8, 4) is 0 Å². The van der Waals surface area contributed by atoms with E-state index in [2.05, 4.69) is 26.3 Å². The van der Waals surface area contributed by atoms with E-state index in [4.69, 9.17) is 11.6 Å². The predicted molar refractivity (Wildman–Crippen MR) is 94.8 cm³/mol. The monoisotopic (exact) mass is 407 g/mol. The van der Waals surface area contributed by atoms with Crippen LogP contribution in [0.3, 0.4) is 0 Å². The van der Waals surface area contributed by atoms with Crippen LogP contribution in [0.2, 0.25) is 5.02 Å². The maximum Gasteiger partial charge on any atom is 0.256 e. The molecule has 0 aliphatic carbocycles. The van der Waals surface area contributed by atoms with E-state index in [1.807, 2.05) is 0 Å². The average molecular weight is 409 g/mol. The first-order valence-corrected chi connectivity index (χ1v) is 8.23. The number of amides is 1. The summed E-state index contributed by atoms with van der Waals surface area (Å²) in [6.07, 6.45) is 1.75. The van der Waals surface area contributed by atoms with E-state index >= 15 is 0 Å². The highest BCUT2D eigenvalue weighted by Crippen LogP contribution is 2.22. The number of nitrogens with zero attached hydrogens (tertiary/aromatic N) is 2. The zero-order valence-electron chi connectivity index (χ0n) is 12.3. The van der Waals surface area contributed by atoms with Gasteiger partial charge in [-0.2, -0.15) is 5.10 Å². The Kier molecular flexibility index (Phi) is 4.97. The number of rotatable bonds is 4. The summed E-state index contributed by atoms with van der Waals surface area (Å²) in [5, 5.41) is 7.64. The fourth-order valence-corrected chi connectivity index (χ4v) is 2.66. The molecule has 3 aromatic rings. The van der Waals surface area contributed by atoms with Gasteiger partial charge in [0.05, 0.1) is 11.0 Å². The van der Waals surface area contributed by atoms with Crippen molar-refractivity contribution in [2.45, 2.75) is 6.54 Å². The van der Waals surface area contributed by atoms with Crippen LogP contribution in [0.15, 0.2) is 59.2 Å². The Morgan fingerprint density at radius 2 is 1.83 bits per heavy atom. The summed E-state index contributed by atoms with van der Waals surface area (Å²) >= 11 is 9.19. The van der Waals surface area contributed by atoms with Crippen LogP contribution in [0.25, 0.3) is 0 Å². The van der Waals surface area contributed by atoms with Gasteiger partial charge >= 0.3 is 0 Å². The number of anilines is 1. The third-order valence-electron chi connectivity index (χ3n) is 3.31. The molecule has 122 valence electrons. The third-order valence-corrected chi connectivity index (χ3v) is 4.15. The maximum atomic E-state index is 12.9. The number of benzene rings is 2. The smallest absolute Gasteiger partial charge is 0.256 e. The van der Waals surface area contributed by atoms with Crippen molar-refractivity contribution in [2.75, 3.05) is 5.32 Å². The van der Waals surface area contributed by atoms with E-state index in [1.54, 1.807) is 47.3 Å². The number of aromatic nitrogens is 2. The fraction of sp³-hybridized carbons (Fsp3) is 0.0588. The summed E-state index contributed by atoms with van der Waals surface area (Å²) in [7, 11) is 0. The van der Waals surface area contributed by atoms with E-state index in [1.165, 1.54) is 12.1 Å². The van der Waals surface area contributed by atoms with E-state index in [-0.39, 0.29) is 11.7 Å². The van der Waals surface area contributed by atoms with Crippen molar-refractivity contribution in [3.63, 3.8) is 0 Å². The zero-order valence-corrected chi connectivity index (χ0v) is 14.7. The molecular formula is C17H12BrClFN3O. The van der Waals surface area contributed by atoms with Crippen molar-refractivity contribution in [2.24, 2.45) is 0 Å². The minimum atomic E-state index is -0.281. The standard InChI is InChI=1S/C17H12BrClFN3O/c18-15-10-23(9-11-1-7-14(20)8-2-11)22-16(15)21-17(24)12-3-5-13(19)6-4-12/h1-8,10H,9H2,(H,21,22,24). The highest BCUT2D eigenvalue weighted by Gasteiger charge is 2.12. The molecule has 0 saturated heterocycles. The molecule has 0 atom stereocenters. The molecule has 24 heavy (non-hydrogen) atoms. The Bertz CT molecular complexity index is 863. The minimum absolute atomic E-state index is 0.278.